The van der Waals surface area contributed by atoms with Crippen molar-refractivity contribution in [3.05, 3.63) is 101 Å². The number of aromatic nitrogens is 1. The second-order valence-electron chi connectivity index (χ2n) is 9.95. The lowest BCUT2D eigenvalue weighted by Crippen LogP contribution is -2.47. The first-order valence-corrected chi connectivity index (χ1v) is 12.9. The van der Waals surface area contributed by atoms with Crippen molar-refractivity contribution in [3.63, 3.8) is 0 Å². The van der Waals surface area contributed by atoms with E-state index in [1.54, 1.807) is 0 Å². The Morgan fingerprint density at radius 3 is 2.61 bits per heavy atom. The van der Waals surface area contributed by atoms with Crippen LogP contribution in [0.4, 0.5) is 11.4 Å². The Bertz CT molecular complexity index is 1390. The van der Waals surface area contributed by atoms with Crippen LogP contribution in [0.25, 0.3) is 10.9 Å². The predicted octanol–water partition coefficient (Wildman–Crippen LogP) is 5.17. The zero-order chi connectivity index (χ0) is 24.5. The van der Waals surface area contributed by atoms with Gasteiger partial charge in [-0.05, 0) is 66.4 Å². The minimum atomic E-state index is -0.197. The van der Waals surface area contributed by atoms with Crippen molar-refractivity contribution in [1.82, 2.24) is 9.88 Å². The molecule has 0 spiro atoms. The fraction of sp³-hybridized carbons (Fsp3) is 0.290. The summed E-state index contributed by atoms with van der Waals surface area (Å²) < 4.78 is 0. The molecule has 36 heavy (non-hydrogen) atoms. The summed E-state index contributed by atoms with van der Waals surface area (Å²) in [5.74, 6) is 0. The highest BCUT2D eigenvalue weighted by Crippen LogP contribution is 2.36. The number of pyridine rings is 1. The maximum absolute atomic E-state index is 11.9. The molecule has 1 fully saturated rings. The summed E-state index contributed by atoms with van der Waals surface area (Å²) in [4.78, 5) is 23.9. The van der Waals surface area contributed by atoms with Gasteiger partial charge in [0.05, 0.1) is 5.52 Å². The Morgan fingerprint density at radius 1 is 0.917 bits per heavy atom. The zero-order valence-electron chi connectivity index (χ0n) is 20.8. The number of carbonyl (C=O) groups is 1. The summed E-state index contributed by atoms with van der Waals surface area (Å²) in [6.07, 6.45) is 2.09. The minimum Gasteiger partial charge on any atom is -0.368 e. The highest BCUT2D eigenvalue weighted by molar-refractivity contribution is 5.92. The number of carbonyl (C=O) groups excluding carboxylic acids is 1. The lowest BCUT2D eigenvalue weighted by Gasteiger charge is -2.36. The first kappa shape index (κ1) is 22.7. The molecule has 2 aliphatic rings. The SMILES string of the molecule is Cc1ccc2c(N3CCN(CCc4cccc(N5Cc6ccccc6C5C=O)c4)CC3)cccc2n1. The Balaban J connectivity index is 1.08. The maximum Gasteiger partial charge on any atom is 0.147 e. The number of anilines is 2. The Morgan fingerprint density at radius 2 is 1.75 bits per heavy atom. The molecule has 0 radical (unpaired) electrons. The summed E-state index contributed by atoms with van der Waals surface area (Å²) in [6, 6.07) is 27.6. The highest BCUT2D eigenvalue weighted by atomic mass is 16.1. The molecule has 3 heterocycles. The van der Waals surface area contributed by atoms with Gasteiger partial charge in [-0.25, -0.2) is 0 Å². The van der Waals surface area contributed by atoms with Gasteiger partial charge in [0.15, 0.2) is 0 Å². The Hall–Kier alpha value is -3.70. The fourth-order valence-electron chi connectivity index (χ4n) is 5.72. The molecule has 5 nitrogen and oxygen atoms in total. The van der Waals surface area contributed by atoms with Crippen molar-refractivity contribution in [2.24, 2.45) is 0 Å². The van der Waals surface area contributed by atoms with E-state index in [-0.39, 0.29) is 6.04 Å². The van der Waals surface area contributed by atoms with Gasteiger partial charge >= 0.3 is 0 Å². The summed E-state index contributed by atoms with van der Waals surface area (Å²) in [7, 11) is 0. The molecule has 0 amide bonds. The van der Waals surface area contributed by atoms with E-state index < -0.39 is 0 Å². The molecule has 4 aromatic rings. The number of hydrogen-bond donors (Lipinski definition) is 0. The van der Waals surface area contributed by atoms with Gasteiger partial charge in [0.2, 0.25) is 0 Å². The van der Waals surface area contributed by atoms with Gasteiger partial charge in [-0.15, -0.1) is 0 Å². The number of nitrogens with zero attached hydrogens (tertiary/aromatic N) is 4. The molecule has 0 aliphatic carbocycles. The smallest absolute Gasteiger partial charge is 0.147 e. The normalized spacial score (nSPS) is 18.0. The van der Waals surface area contributed by atoms with E-state index in [1.807, 2.05) is 13.0 Å². The molecular formula is C31H32N4O. The van der Waals surface area contributed by atoms with E-state index in [2.05, 4.69) is 87.5 Å². The van der Waals surface area contributed by atoms with Crippen LogP contribution in [0.1, 0.15) is 28.4 Å². The Labute approximate surface area is 213 Å². The third kappa shape index (κ3) is 4.35. The van der Waals surface area contributed by atoms with Crippen LogP contribution in [-0.2, 0) is 17.8 Å². The predicted molar refractivity (Wildman–Crippen MR) is 147 cm³/mol. The van der Waals surface area contributed by atoms with Gasteiger partial charge in [0.25, 0.3) is 0 Å². The van der Waals surface area contributed by atoms with Crippen LogP contribution >= 0.6 is 0 Å². The molecule has 1 atom stereocenters. The molecule has 1 aromatic heterocycles. The molecule has 0 N–H and O–H groups in total. The van der Waals surface area contributed by atoms with Crippen LogP contribution in [0, 0.1) is 6.92 Å². The molecular weight excluding hydrogens is 444 g/mol. The van der Waals surface area contributed by atoms with E-state index >= 15 is 0 Å². The number of aryl methyl sites for hydroxylation is 1. The highest BCUT2D eigenvalue weighted by Gasteiger charge is 2.29. The summed E-state index contributed by atoms with van der Waals surface area (Å²) in [5.41, 5.74) is 8.26. The van der Waals surface area contributed by atoms with Crippen molar-refractivity contribution < 1.29 is 4.79 Å². The third-order valence-electron chi connectivity index (χ3n) is 7.70. The number of benzene rings is 3. The monoisotopic (exact) mass is 476 g/mol. The lowest BCUT2D eigenvalue weighted by molar-refractivity contribution is -0.108. The maximum atomic E-state index is 11.9. The van der Waals surface area contributed by atoms with Gasteiger partial charge in [0.1, 0.15) is 12.3 Å². The van der Waals surface area contributed by atoms with Gasteiger partial charge < -0.3 is 14.6 Å². The van der Waals surface area contributed by atoms with Crippen LogP contribution < -0.4 is 9.80 Å². The van der Waals surface area contributed by atoms with Gasteiger partial charge in [-0.2, -0.15) is 0 Å². The van der Waals surface area contributed by atoms with Crippen molar-refractivity contribution in [2.45, 2.75) is 25.9 Å². The van der Waals surface area contributed by atoms with E-state index in [0.717, 1.165) is 74.4 Å². The second-order valence-corrected chi connectivity index (χ2v) is 9.95. The van der Waals surface area contributed by atoms with Crippen LogP contribution in [0.15, 0.2) is 78.9 Å². The van der Waals surface area contributed by atoms with E-state index in [4.69, 9.17) is 4.98 Å². The van der Waals surface area contributed by atoms with Crippen molar-refractivity contribution in [2.75, 3.05) is 42.5 Å². The van der Waals surface area contributed by atoms with Crippen molar-refractivity contribution in [3.8, 4) is 0 Å². The fourth-order valence-corrected chi connectivity index (χ4v) is 5.72. The number of piperazine rings is 1. The van der Waals surface area contributed by atoms with Crippen LogP contribution in [-0.4, -0.2) is 48.9 Å². The second kappa shape index (κ2) is 9.75. The number of rotatable bonds is 6. The van der Waals surface area contributed by atoms with Gasteiger partial charge in [-0.3, -0.25) is 9.88 Å². The summed E-state index contributed by atoms with van der Waals surface area (Å²) in [6.45, 7) is 8.05. The molecule has 6 rings (SSSR count). The zero-order valence-corrected chi connectivity index (χ0v) is 20.8. The largest absolute Gasteiger partial charge is 0.368 e. The molecule has 2 aliphatic heterocycles. The third-order valence-corrected chi connectivity index (χ3v) is 7.70. The molecule has 1 saturated heterocycles. The van der Waals surface area contributed by atoms with Crippen LogP contribution in [0.2, 0.25) is 0 Å². The number of aldehydes is 1. The first-order chi connectivity index (χ1) is 17.7. The van der Waals surface area contributed by atoms with Crippen molar-refractivity contribution >= 4 is 28.6 Å². The summed E-state index contributed by atoms with van der Waals surface area (Å²) >= 11 is 0. The number of fused-ring (bicyclic) bond motifs is 2. The average Bonchev–Trinajstić information content (AvgIpc) is 3.31. The lowest BCUT2D eigenvalue weighted by atomic mass is 10.1. The van der Waals surface area contributed by atoms with E-state index in [1.165, 1.54) is 22.2 Å². The topological polar surface area (TPSA) is 39.7 Å². The molecule has 0 bridgehead atoms. The summed E-state index contributed by atoms with van der Waals surface area (Å²) in [5, 5.41) is 1.24. The average molecular weight is 477 g/mol. The van der Waals surface area contributed by atoms with Gasteiger partial charge in [-0.1, -0.05) is 42.5 Å². The van der Waals surface area contributed by atoms with Crippen molar-refractivity contribution in [1.29, 1.82) is 0 Å². The molecule has 3 aromatic carbocycles. The van der Waals surface area contributed by atoms with Gasteiger partial charge in [0, 0.05) is 61.7 Å². The van der Waals surface area contributed by atoms with E-state index in [9.17, 15) is 4.79 Å². The van der Waals surface area contributed by atoms with E-state index in [0.29, 0.717) is 0 Å². The minimum absolute atomic E-state index is 0.197. The standard InChI is InChI=1S/C31H32N4O/c1-23-12-13-28-29(32-23)10-5-11-30(28)34-18-16-33(17-19-34)15-14-24-6-4-8-26(20-24)35-21-25-7-2-3-9-27(25)31(35)22-36/h2-13,20,22,31H,14-19,21H2,1H3. The number of hydrogen-bond acceptors (Lipinski definition) is 5. The van der Waals surface area contributed by atoms with Crippen LogP contribution in [0.3, 0.4) is 0 Å². The van der Waals surface area contributed by atoms with Crippen LogP contribution in [0.5, 0.6) is 0 Å². The molecule has 1 unspecified atom stereocenters. The first-order valence-electron chi connectivity index (χ1n) is 12.9. The molecule has 5 heteroatoms. The Kier molecular flexibility index (Phi) is 6.16. The molecule has 182 valence electrons. The quantitative estimate of drug-likeness (QED) is 0.359. The molecule has 0 saturated carbocycles.